The highest BCUT2D eigenvalue weighted by atomic mass is 16.6. The molecule has 27 heavy (non-hydrogen) atoms. The molecule has 0 aromatic heterocycles. The smallest absolute Gasteiger partial charge is 0.412 e. The van der Waals surface area contributed by atoms with E-state index in [4.69, 9.17) is 9.47 Å². The molecule has 1 aliphatic rings. The lowest BCUT2D eigenvalue weighted by Crippen LogP contribution is -2.63. The molecule has 2 N–H and O–H groups in total. The lowest BCUT2D eigenvalue weighted by molar-refractivity contribution is -0.125. The number of aliphatic hydroxyl groups excluding tert-OH is 1. The van der Waals surface area contributed by atoms with E-state index in [0.717, 1.165) is 0 Å². The van der Waals surface area contributed by atoms with Crippen molar-refractivity contribution in [3.05, 3.63) is 12.2 Å². The molecule has 5 atom stereocenters. The number of hydrogen-bond acceptors (Lipinski definition) is 5. The van der Waals surface area contributed by atoms with Gasteiger partial charge in [-0.2, -0.15) is 0 Å². The Hall–Kier alpha value is -1.60. The van der Waals surface area contributed by atoms with Crippen molar-refractivity contribution in [3.8, 4) is 0 Å². The molecule has 1 rings (SSSR count). The predicted molar refractivity (Wildman–Crippen MR) is 104 cm³/mol. The summed E-state index contributed by atoms with van der Waals surface area (Å²) in [5.74, 6) is -0.364. The zero-order valence-electron chi connectivity index (χ0n) is 17.9. The fraction of sp³-hybridized carbons (Fsp3) is 0.800. The van der Waals surface area contributed by atoms with E-state index in [0.29, 0.717) is 12.8 Å². The van der Waals surface area contributed by atoms with E-state index in [9.17, 15) is 14.7 Å². The van der Waals surface area contributed by atoms with Crippen LogP contribution in [0.1, 0.15) is 61.3 Å². The molecule has 1 saturated heterocycles. The summed E-state index contributed by atoms with van der Waals surface area (Å²) in [6, 6.07) is -1.02. The molecule has 0 saturated carbocycles. The monoisotopic (exact) mass is 384 g/mol. The summed E-state index contributed by atoms with van der Waals surface area (Å²) in [6.45, 7) is 12.5. The largest absolute Gasteiger partial charge is 0.444 e. The van der Waals surface area contributed by atoms with Crippen molar-refractivity contribution in [2.45, 2.75) is 90.8 Å². The third-order valence-corrected chi connectivity index (χ3v) is 5.13. The van der Waals surface area contributed by atoms with Crippen LogP contribution in [0.4, 0.5) is 4.79 Å². The molecule has 7 heteroatoms. The molecule has 0 radical (unpaired) electrons. The summed E-state index contributed by atoms with van der Waals surface area (Å²) in [5, 5.41) is 13.6. The van der Waals surface area contributed by atoms with E-state index in [-0.39, 0.29) is 11.8 Å². The second kappa shape index (κ2) is 9.06. The number of nitrogens with zero attached hydrogens (tertiary/aromatic N) is 1. The molecule has 0 spiro atoms. The average molecular weight is 385 g/mol. The van der Waals surface area contributed by atoms with E-state index < -0.39 is 35.6 Å². The van der Waals surface area contributed by atoms with E-state index in [1.807, 2.05) is 32.9 Å². The van der Waals surface area contributed by atoms with E-state index in [2.05, 4.69) is 5.32 Å². The minimum absolute atomic E-state index is 0.143. The molecule has 0 aliphatic carbocycles. The lowest BCUT2D eigenvalue weighted by atomic mass is 9.81. The fourth-order valence-electron chi connectivity index (χ4n) is 3.62. The maximum absolute atomic E-state index is 12.9. The van der Waals surface area contributed by atoms with Crippen LogP contribution in [0.2, 0.25) is 0 Å². The molecule has 0 bridgehead atoms. The summed E-state index contributed by atoms with van der Waals surface area (Å²) in [4.78, 5) is 26.2. The van der Waals surface area contributed by atoms with Gasteiger partial charge < -0.3 is 19.9 Å². The highest BCUT2D eigenvalue weighted by molar-refractivity contribution is 5.74. The van der Waals surface area contributed by atoms with Gasteiger partial charge in [0.15, 0.2) is 0 Å². The van der Waals surface area contributed by atoms with Crippen molar-refractivity contribution in [2.75, 3.05) is 7.11 Å². The van der Waals surface area contributed by atoms with Crippen LogP contribution < -0.4 is 5.32 Å². The van der Waals surface area contributed by atoms with Gasteiger partial charge in [0, 0.05) is 26.4 Å². The van der Waals surface area contributed by atoms with Gasteiger partial charge in [-0.25, -0.2) is 4.79 Å². The van der Waals surface area contributed by atoms with Gasteiger partial charge in [-0.05, 0) is 41.0 Å². The molecule has 0 aromatic rings. The molecule has 1 heterocycles. The van der Waals surface area contributed by atoms with Crippen LogP contribution in [0.25, 0.3) is 0 Å². The maximum Gasteiger partial charge on any atom is 0.412 e. The maximum atomic E-state index is 12.9. The van der Waals surface area contributed by atoms with Crippen LogP contribution in [0.3, 0.4) is 0 Å². The van der Waals surface area contributed by atoms with Crippen molar-refractivity contribution >= 4 is 12.0 Å². The Morgan fingerprint density at radius 1 is 1.33 bits per heavy atom. The number of carbonyl (C=O) groups is 2. The topological polar surface area (TPSA) is 88.1 Å². The highest BCUT2D eigenvalue weighted by Crippen LogP contribution is 2.38. The molecule has 156 valence electrons. The van der Waals surface area contributed by atoms with Crippen molar-refractivity contribution in [2.24, 2.45) is 5.92 Å². The van der Waals surface area contributed by atoms with Crippen molar-refractivity contribution in [3.63, 3.8) is 0 Å². The number of nitrogens with one attached hydrogen (secondary N) is 1. The van der Waals surface area contributed by atoms with E-state index in [1.54, 1.807) is 27.9 Å². The standard InChI is InChI=1S/C20H36N2O5/c1-9-11-14-12-15(24)22(18(25)27-19(4,5)6)16(14)17(21-13(3)23)20(7,10-2)26-8/h9,11,14-17,24H,10,12H2,1-8H3,(H,21,23)/b11-9+/t14-,15?,16-,17-,20+/m1/s1. The van der Waals surface area contributed by atoms with Gasteiger partial charge >= 0.3 is 6.09 Å². The fourth-order valence-corrected chi connectivity index (χ4v) is 3.62. The van der Waals surface area contributed by atoms with Gasteiger partial charge in [0.05, 0.1) is 17.7 Å². The van der Waals surface area contributed by atoms with Gasteiger partial charge in [0.2, 0.25) is 5.91 Å². The Morgan fingerprint density at radius 3 is 2.33 bits per heavy atom. The molecule has 2 amide bonds. The average Bonchev–Trinajstić information content (AvgIpc) is 2.86. The van der Waals surface area contributed by atoms with Crippen molar-refractivity contribution in [1.29, 1.82) is 0 Å². The van der Waals surface area contributed by atoms with Gasteiger partial charge in [0.1, 0.15) is 11.8 Å². The Morgan fingerprint density at radius 2 is 1.93 bits per heavy atom. The first-order valence-electron chi connectivity index (χ1n) is 9.54. The van der Waals surface area contributed by atoms with Crippen molar-refractivity contribution < 1.29 is 24.2 Å². The van der Waals surface area contributed by atoms with Gasteiger partial charge in [-0.1, -0.05) is 19.1 Å². The van der Waals surface area contributed by atoms with Gasteiger partial charge in [-0.3, -0.25) is 9.69 Å². The first-order chi connectivity index (χ1) is 12.4. The van der Waals surface area contributed by atoms with E-state index in [1.165, 1.54) is 11.8 Å². The number of rotatable bonds is 6. The van der Waals surface area contributed by atoms with Crippen molar-refractivity contribution in [1.82, 2.24) is 10.2 Å². The van der Waals surface area contributed by atoms with Crippen LogP contribution in [0.15, 0.2) is 12.2 Å². The summed E-state index contributed by atoms with van der Waals surface area (Å²) in [5.41, 5.74) is -1.42. The molecule has 0 aromatic carbocycles. The Bertz CT molecular complexity index is 551. The van der Waals surface area contributed by atoms with Crippen LogP contribution in [-0.4, -0.2) is 58.6 Å². The van der Waals surface area contributed by atoms with Crippen LogP contribution >= 0.6 is 0 Å². The first-order valence-corrected chi connectivity index (χ1v) is 9.54. The summed E-state index contributed by atoms with van der Waals surface area (Å²) in [6.07, 6.45) is 3.24. The van der Waals surface area contributed by atoms with E-state index >= 15 is 0 Å². The SMILES string of the molecule is C/C=C/[C@@H]1CC(O)N(C(=O)OC(C)(C)C)[C@H]1[C@@H](NC(C)=O)[C@](C)(CC)OC. The number of methoxy groups -OCH3 is 1. The summed E-state index contributed by atoms with van der Waals surface area (Å²) in [7, 11) is 1.59. The Labute approximate surface area is 163 Å². The molecular formula is C20H36N2O5. The molecule has 1 aliphatic heterocycles. The third-order valence-electron chi connectivity index (χ3n) is 5.13. The van der Waals surface area contributed by atoms with Crippen LogP contribution in [-0.2, 0) is 14.3 Å². The summed E-state index contributed by atoms with van der Waals surface area (Å²) >= 11 is 0. The minimum Gasteiger partial charge on any atom is -0.444 e. The highest BCUT2D eigenvalue weighted by Gasteiger charge is 2.52. The predicted octanol–water partition coefficient (Wildman–Crippen LogP) is 2.83. The van der Waals surface area contributed by atoms with Gasteiger partial charge in [0.25, 0.3) is 0 Å². The van der Waals surface area contributed by atoms with Gasteiger partial charge in [-0.15, -0.1) is 0 Å². The first kappa shape index (κ1) is 23.4. The Balaban J connectivity index is 3.43. The number of ether oxygens (including phenoxy) is 2. The minimum atomic E-state index is -1.000. The second-order valence-electron chi connectivity index (χ2n) is 8.33. The number of hydrogen-bond donors (Lipinski definition) is 2. The number of amides is 2. The molecule has 7 nitrogen and oxygen atoms in total. The Kier molecular flexibility index (Phi) is 7.87. The van der Waals surface area contributed by atoms with Crippen LogP contribution in [0, 0.1) is 5.92 Å². The third kappa shape index (κ3) is 5.69. The zero-order chi connectivity index (χ0) is 21.0. The number of aliphatic hydroxyl groups is 1. The zero-order valence-corrected chi connectivity index (χ0v) is 17.9. The molecule has 1 fully saturated rings. The summed E-state index contributed by atoms with van der Waals surface area (Å²) < 4.78 is 11.3. The number of carbonyl (C=O) groups excluding carboxylic acids is 2. The quantitative estimate of drug-likeness (QED) is 0.688. The number of allylic oxidation sites excluding steroid dienone is 1. The lowest BCUT2D eigenvalue weighted by Gasteiger charge is -2.44. The number of likely N-dealkylation sites (tertiary alicyclic amines) is 1. The molecular weight excluding hydrogens is 348 g/mol. The molecule has 1 unspecified atom stereocenters. The second-order valence-corrected chi connectivity index (χ2v) is 8.33. The normalized spacial score (nSPS) is 26.7. The van der Waals surface area contributed by atoms with Crippen LogP contribution in [0.5, 0.6) is 0 Å².